The maximum absolute atomic E-state index is 12.3. The summed E-state index contributed by atoms with van der Waals surface area (Å²) in [4.78, 5) is 17.0. The third kappa shape index (κ3) is 5.23. The summed E-state index contributed by atoms with van der Waals surface area (Å²) in [6.45, 7) is 0.555. The van der Waals surface area contributed by atoms with E-state index in [4.69, 9.17) is 4.74 Å². The number of carbonyl (C=O) groups is 1. The lowest BCUT2D eigenvalue weighted by Gasteiger charge is -2.10. The minimum atomic E-state index is -3.52. The standard InChI is InChI=1S/C22H28N4O4S/c1-25(2)31(28,29)18-9-10-20-19(15-18)24-21(26(20)3)11-12-22(27)23-14-13-16-5-7-17(30-4)8-6-16/h5-10,15H,11-14H2,1-4H3,(H,23,27). The van der Waals surface area contributed by atoms with Crippen molar-refractivity contribution in [3.8, 4) is 5.75 Å². The van der Waals surface area contributed by atoms with Crippen molar-refractivity contribution in [2.24, 2.45) is 7.05 Å². The van der Waals surface area contributed by atoms with Crippen LogP contribution < -0.4 is 10.1 Å². The van der Waals surface area contributed by atoms with Crippen LogP contribution >= 0.6 is 0 Å². The van der Waals surface area contributed by atoms with Gasteiger partial charge in [0, 0.05) is 40.5 Å². The summed E-state index contributed by atoms with van der Waals surface area (Å²) in [6.07, 6.45) is 1.52. The first-order valence-corrected chi connectivity index (χ1v) is 11.4. The van der Waals surface area contributed by atoms with Crippen LogP contribution in [0.4, 0.5) is 0 Å². The number of sulfonamides is 1. The van der Waals surface area contributed by atoms with E-state index < -0.39 is 10.0 Å². The maximum atomic E-state index is 12.3. The monoisotopic (exact) mass is 444 g/mol. The number of ether oxygens (including phenoxy) is 1. The second-order valence-corrected chi connectivity index (χ2v) is 9.62. The Labute approximate surface area is 182 Å². The highest BCUT2D eigenvalue weighted by atomic mass is 32.2. The lowest BCUT2D eigenvalue weighted by atomic mass is 10.1. The summed E-state index contributed by atoms with van der Waals surface area (Å²) in [5.41, 5.74) is 2.55. The molecular weight excluding hydrogens is 416 g/mol. The zero-order valence-corrected chi connectivity index (χ0v) is 19.1. The van der Waals surface area contributed by atoms with Gasteiger partial charge in [-0.3, -0.25) is 4.79 Å². The van der Waals surface area contributed by atoms with Gasteiger partial charge in [0.1, 0.15) is 11.6 Å². The highest BCUT2D eigenvalue weighted by Gasteiger charge is 2.19. The van der Waals surface area contributed by atoms with Crippen molar-refractivity contribution in [1.29, 1.82) is 0 Å². The first-order chi connectivity index (χ1) is 14.7. The predicted molar refractivity (Wildman–Crippen MR) is 120 cm³/mol. The Kier molecular flexibility index (Phi) is 6.97. The van der Waals surface area contributed by atoms with Crippen molar-refractivity contribution in [3.63, 3.8) is 0 Å². The quantitative estimate of drug-likeness (QED) is 0.546. The number of methoxy groups -OCH3 is 1. The minimum Gasteiger partial charge on any atom is -0.497 e. The summed E-state index contributed by atoms with van der Waals surface area (Å²) in [5, 5.41) is 2.93. The Morgan fingerprint density at radius 1 is 1.13 bits per heavy atom. The molecule has 0 aliphatic carbocycles. The number of nitrogens with one attached hydrogen (secondary N) is 1. The molecule has 1 heterocycles. The van der Waals surface area contributed by atoms with Crippen LogP contribution in [-0.4, -0.2) is 55.9 Å². The second kappa shape index (κ2) is 9.49. The summed E-state index contributed by atoms with van der Waals surface area (Å²) < 4.78 is 32.9. The predicted octanol–water partition coefficient (Wildman–Crippen LogP) is 2.12. The summed E-state index contributed by atoms with van der Waals surface area (Å²) in [6, 6.07) is 12.7. The maximum Gasteiger partial charge on any atom is 0.242 e. The number of rotatable bonds is 9. The van der Waals surface area contributed by atoms with Gasteiger partial charge in [-0.25, -0.2) is 17.7 Å². The van der Waals surface area contributed by atoms with Crippen molar-refractivity contribution in [3.05, 3.63) is 53.9 Å². The van der Waals surface area contributed by atoms with E-state index in [0.29, 0.717) is 24.9 Å². The zero-order valence-electron chi connectivity index (χ0n) is 18.3. The van der Waals surface area contributed by atoms with Crippen LogP contribution in [0.25, 0.3) is 11.0 Å². The van der Waals surface area contributed by atoms with Crippen LogP contribution in [0.15, 0.2) is 47.4 Å². The molecule has 0 radical (unpaired) electrons. The average Bonchev–Trinajstić information content (AvgIpc) is 3.07. The highest BCUT2D eigenvalue weighted by Crippen LogP contribution is 2.22. The molecule has 0 saturated carbocycles. The van der Waals surface area contributed by atoms with Gasteiger partial charge in [0.2, 0.25) is 15.9 Å². The van der Waals surface area contributed by atoms with E-state index in [-0.39, 0.29) is 10.8 Å². The van der Waals surface area contributed by atoms with Gasteiger partial charge in [-0.2, -0.15) is 0 Å². The smallest absolute Gasteiger partial charge is 0.242 e. The van der Waals surface area contributed by atoms with Crippen LogP contribution in [-0.2, 0) is 34.7 Å². The minimum absolute atomic E-state index is 0.0450. The van der Waals surface area contributed by atoms with Crippen molar-refractivity contribution in [2.45, 2.75) is 24.2 Å². The van der Waals surface area contributed by atoms with E-state index in [2.05, 4.69) is 10.3 Å². The molecule has 0 aliphatic heterocycles. The molecule has 0 aliphatic rings. The van der Waals surface area contributed by atoms with Gasteiger partial charge in [-0.15, -0.1) is 0 Å². The van der Waals surface area contributed by atoms with Gasteiger partial charge in [0.05, 0.1) is 23.0 Å². The molecular formula is C22H28N4O4S. The first-order valence-electron chi connectivity index (χ1n) is 10.00. The summed E-state index contributed by atoms with van der Waals surface area (Å²) in [7, 11) is 2.97. The number of hydrogen-bond acceptors (Lipinski definition) is 5. The van der Waals surface area contributed by atoms with E-state index in [9.17, 15) is 13.2 Å². The lowest BCUT2D eigenvalue weighted by molar-refractivity contribution is -0.121. The van der Waals surface area contributed by atoms with E-state index >= 15 is 0 Å². The Balaban J connectivity index is 1.58. The topological polar surface area (TPSA) is 93.5 Å². The molecule has 2 aromatic carbocycles. The molecule has 0 saturated heterocycles. The molecule has 1 aromatic heterocycles. The molecule has 31 heavy (non-hydrogen) atoms. The van der Waals surface area contributed by atoms with Crippen LogP contribution in [0, 0.1) is 0 Å². The molecule has 0 fully saturated rings. The van der Waals surface area contributed by atoms with Crippen molar-refractivity contribution in [1.82, 2.24) is 19.2 Å². The number of imidazole rings is 1. The largest absolute Gasteiger partial charge is 0.497 e. The third-order valence-corrected chi connectivity index (χ3v) is 7.01. The SMILES string of the molecule is COc1ccc(CCNC(=O)CCc2nc3cc(S(=O)(=O)N(C)C)ccc3n2C)cc1. The zero-order chi connectivity index (χ0) is 22.6. The molecule has 166 valence electrons. The van der Waals surface area contributed by atoms with Crippen molar-refractivity contribution < 1.29 is 17.9 Å². The number of nitrogens with zero attached hydrogens (tertiary/aromatic N) is 3. The number of carbonyl (C=O) groups excluding carboxylic acids is 1. The highest BCUT2D eigenvalue weighted by molar-refractivity contribution is 7.89. The Bertz CT molecular complexity index is 1170. The number of amides is 1. The molecule has 3 rings (SSSR count). The molecule has 9 heteroatoms. The Morgan fingerprint density at radius 2 is 1.84 bits per heavy atom. The second-order valence-electron chi connectivity index (χ2n) is 7.47. The van der Waals surface area contributed by atoms with Crippen LogP contribution in [0.5, 0.6) is 5.75 Å². The van der Waals surface area contributed by atoms with E-state index in [1.54, 1.807) is 25.3 Å². The molecule has 0 bridgehead atoms. The van der Waals surface area contributed by atoms with Gasteiger partial charge in [0.25, 0.3) is 0 Å². The Hall–Kier alpha value is -2.91. The molecule has 8 nitrogen and oxygen atoms in total. The van der Waals surface area contributed by atoms with E-state index in [1.165, 1.54) is 18.4 Å². The molecule has 3 aromatic rings. The van der Waals surface area contributed by atoms with Crippen LogP contribution in [0.3, 0.4) is 0 Å². The molecule has 0 spiro atoms. The van der Waals surface area contributed by atoms with Gasteiger partial charge in [-0.1, -0.05) is 12.1 Å². The molecule has 1 N–H and O–H groups in total. The number of hydrogen-bond donors (Lipinski definition) is 1. The molecule has 1 amide bonds. The van der Waals surface area contributed by atoms with Crippen LogP contribution in [0.2, 0.25) is 0 Å². The summed E-state index contributed by atoms with van der Waals surface area (Å²) in [5.74, 6) is 1.50. The first kappa shape index (κ1) is 22.8. The molecule has 0 unspecified atom stereocenters. The third-order valence-electron chi connectivity index (χ3n) is 5.19. The van der Waals surface area contributed by atoms with Gasteiger partial charge < -0.3 is 14.6 Å². The van der Waals surface area contributed by atoms with Crippen molar-refractivity contribution in [2.75, 3.05) is 27.7 Å². The number of aromatic nitrogens is 2. The Morgan fingerprint density at radius 3 is 2.48 bits per heavy atom. The lowest BCUT2D eigenvalue weighted by Crippen LogP contribution is -2.26. The molecule has 0 atom stereocenters. The number of fused-ring (bicyclic) bond motifs is 1. The van der Waals surface area contributed by atoms with Gasteiger partial charge >= 0.3 is 0 Å². The van der Waals surface area contributed by atoms with Crippen LogP contribution in [0.1, 0.15) is 17.8 Å². The van der Waals surface area contributed by atoms with E-state index in [0.717, 1.165) is 29.1 Å². The average molecular weight is 445 g/mol. The van der Waals surface area contributed by atoms with Crippen molar-refractivity contribution >= 4 is 27.0 Å². The fourth-order valence-electron chi connectivity index (χ4n) is 3.28. The number of aryl methyl sites for hydroxylation is 2. The van der Waals surface area contributed by atoms with E-state index in [1.807, 2.05) is 35.9 Å². The summed E-state index contributed by atoms with van der Waals surface area (Å²) >= 11 is 0. The fourth-order valence-corrected chi connectivity index (χ4v) is 4.20. The fraction of sp³-hybridized carbons (Fsp3) is 0.364. The van der Waals surface area contributed by atoms with Gasteiger partial charge in [-0.05, 0) is 42.3 Å². The number of benzene rings is 2. The normalized spacial score (nSPS) is 11.8. The van der Waals surface area contributed by atoms with Gasteiger partial charge in [0.15, 0.2) is 0 Å².